The van der Waals surface area contributed by atoms with Gasteiger partial charge < -0.3 is 38.2 Å². The molecule has 7 rings (SSSR count). The molecule has 1 aliphatic rings. The molecule has 4 aromatic carbocycles. The minimum atomic E-state index is 0.407. The molecule has 1 fully saturated rings. The fraction of sp³-hybridized carbons (Fsp3) is 0.244. The van der Waals surface area contributed by atoms with Gasteiger partial charge in [0.25, 0.3) is 0 Å². The maximum absolute atomic E-state index is 6.15. The van der Waals surface area contributed by atoms with E-state index in [0.717, 1.165) is 77.6 Å². The zero-order valence-electron chi connectivity index (χ0n) is 31.7. The average molecular weight is 739 g/mol. The van der Waals surface area contributed by atoms with Gasteiger partial charge in [-0.05, 0) is 77.2 Å². The van der Waals surface area contributed by atoms with Crippen LogP contribution < -0.4 is 38.2 Å². The number of hydrogen-bond acceptors (Lipinski definition) is 10. The molecule has 10 heteroatoms. The minimum Gasteiger partial charge on any atom is -0.493 e. The van der Waals surface area contributed by atoms with Crippen molar-refractivity contribution in [2.45, 2.75) is 19.6 Å². The molecule has 0 saturated carbocycles. The summed E-state index contributed by atoms with van der Waals surface area (Å²) >= 11 is 0. The number of benzene rings is 4. The molecule has 55 heavy (non-hydrogen) atoms. The molecule has 282 valence electrons. The first-order chi connectivity index (χ1) is 27.1. The van der Waals surface area contributed by atoms with Crippen molar-refractivity contribution in [1.82, 2.24) is 9.97 Å². The fourth-order valence-corrected chi connectivity index (χ4v) is 6.70. The zero-order valence-corrected chi connectivity index (χ0v) is 31.7. The summed E-state index contributed by atoms with van der Waals surface area (Å²) in [5, 5.41) is 0. The number of anilines is 2. The van der Waals surface area contributed by atoms with Crippen LogP contribution in [0, 0.1) is 0 Å². The summed E-state index contributed by atoms with van der Waals surface area (Å²) in [4.78, 5) is 14.4. The van der Waals surface area contributed by atoms with Crippen molar-refractivity contribution in [3.63, 3.8) is 0 Å². The van der Waals surface area contributed by atoms with Crippen molar-refractivity contribution in [2.75, 3.05) is 64.4 Å². The van der Waals surface area contributed by atoms with E-state index in [4.69, 9.17) is 38.4 Å². The van der Waals surface area contributed by atoms with Crippen LogP contribution in [-0.4, -0.2) is 64.6 Å². The predicted octanol–water partition coefficient (Wildman–Crippen LogP) is 8.72. The molecule has 0 bridgehead atoms. The number of ether oxygens (including phenoxy) is 6. The van der Waals surface area contributed by atoms with E-state index in [1.807, 2.05) is 97.3 Å². The van der Waals surface area contributed by atoms with E-state index in [1.54, 1.807) is 28.4 Å². The monoisotopic (exact) mass is 738 g/mol. The summed E-state index contributed by atoms with van der Waals surface area (Å²) in [6.45, 7) is 4.25. The quantitative estimate of drug-likeness (QED) is 0.108. The Balaban J connectivity index is 0.998. The molecule has 10 nitrogen and oxygen atoms in total. The van der Waals surface area contributed by atoms with E-state index in [9.17, 15) is 0 Å². The van der Waals surface area contributed by atoms with Crippen molar-refractivity contribution < 1.29 is 28.4 Å². The predicted molar refractivity (Wildman–Crippen MR) is 216 cm³/mol. The molecule has 1 saturated heterocycles. The van der Waals surface area contributed by atoms with Crippen molar-refractivity contribution >= 4 is 11.6 Å². The summed E-state index contributed by atoms with van der Waals surface area (Å²) in [6.07, 6.45) is 4.79. The van der Waals surface area contributed by atoms with Gasteiger partial charge in [0.2, 0.25) is 11.5 Å². The van der Waals surface area contributed by atoms with Crippen LogP contribution in [-0.2, 0) is 13.2 Å². The number of rotatable bonds is 14. The second-order valence-corrected chi connectivity index (χ2v) is 13.1. The van der Waals surface area contributed by atoms with E-state index < -0.39 is 0 Å². The van der Waals surface area contributed by atoms with Crippen molar-refractivity contribution in [3.05, 3.63) is 133 Å². The Labute approximate surface area is 322 Å². The van der Waals surface area contributed by atoms with Crippen LogP contribution >= 0.6 is 0 Å². The van der Waals surface area contributed by atoms with Crippen LogP contribution in [0.4, 0.5) is 11.6 Å². The Morgan fingerprint density at radius 3 is 1.16 bits per heavy atom. The van der Waals surface area contributed by atoms with Crippen LogP contribution in [0.25, 0.3) is 22.3 Å². The summed E-state index contributed by atoms with van der Waals surface area (Å²) in [7, 11) is 6.55. The van der Waals surface area contributed by atoms with Crippen LogP contribution in [0.15, 0.2) is 122 Å². The molecule has 0 spiro atoms. The Morgan fingerprint density at radius 2 is 0.836 bits per heavy atom. The molecule has 6 aromatic rings. The van der Waals surface area contributed by atoms with Crippen molar-refractivity contribution in [1.29, 1.82) is 0 Å². The van der Waals surface area contributed by atoms with E-state index in [2.05, 4.69) is 34.1 Å². The standard InChI is InChI=1S/C45H46N4O6/c1-50-38-24-36(25-39(51-2)44(38)54-30-32-12-7-5-8-13-32)34-16-18-42(46-28-34)48-20-11-21-49(23-22-48)43-19-17-35(29-47-43)37-26-40(52-3)45(41(27-37)53-4)55-31-33-14-9-6-10-15-33/h5-10,12-19,24-29H,11,20-23,30-31H2,1-4H3. The Bertz CT molecular complexity index is 1940. The molecular weight excluding hydrogens is 693 g/mol. The number of pyridine rings is 2. The zero-order chi connectivity index (χ0) is 38.0. The molecule has 0 amide bonds. The van der Waals surface area contributed by atoms with Crippen molar-refractivity contribution in [2.24, 2.45) is 0 Å². The summed E-state index contributed by atoms with van der Waals surface area (Å²) in [6, 6.07) is 36.2. The average Bonchev–Trinajstić information content (AvgIpc) is 3.52. The first kappa shape index (κ1) is 36.9. The number of nitrogens with zero attached hydrogens (tertiary/aromatic N) is 4. The molecule has 0 unspecified atom stereocenters. The summed E-state index contributed by atoms with van der Waals surface area (Å²) < 4.78 is 35.2. The highest BCUT2D eigenvalue weighted by Gasteiger charge is 2.20. The molecule has 2 aromatic heterocycles. The second kappa shape index (κ2) is 17.6. The number of hydrogen-bond donors (Lipinski definition) is 0. The third kappa shape index (κ3) is 8.70. The fourth-order valence-electron chi connectivity index (χ4n) is 6.70. The SMILES string of the molecule is COc1cc(-c2ccc(N3CCCN(c4ccc(-c5cc(OC)c(OCc6ccccc6)c(OC)c5)cn4)CC3)nc2)cc(OC)c1OCc1ccccc1. The number of aromatic nitrogens is 2. The minimum absolute atomic E-state index is 0.407. The highest BCUT2D eigenvalue weighted by Crippen LogP contribution is 2.43. The first-order valence-electron chi connectivity index (χ1n) is 18.3. The van der Waals surface area contributed by atoms with Gasteiger partial charge in [0.15, 0.2) is 23.0 Å². The van der Waals surface area contributed by atoms with Crippen LogP contribution in [0.1, 0.15) is 17.5 Å². The van der Waals surface area contributed by atoms with Gasteiger partial charge in [-0.1, -0.05) is 60.7 Å². The van der Waals surface area contributed by atoms with Gasteiger partial charge in [-0.15, -0.1) is 0 Å². The van der Waals surface area contributed by atoms with Crippen LogP contribution in [0.3, 0.4) is 0 Å². The van der Waals surface area contributed by atoms with E-state index in [0.29, 0.717) is 47.7 Å². The van der Waals surface area contributed by atoms with Crippen molar-refractivity contribution in [3.8, 4) is 56.8 Å². The Kier molecular flexibility index (Phi) is 11.8. The lowest BCUT2D eigenvalue weighted by Crippen LogP contribution is -2.31. The van der Waals surface area contributed by atoms with Gasteiger partial charge in [-0.25, -0.2) is 9.97 Å². The van der Waals surface area contributed by atoms with E-state index in [-0.39, 0.29) is 0 Å². The highest BCUT2D eigenvalue weighted by atomic mass is 16.5. The van der Waals surface area contributed by atoms with Gasteiger partial charge in [0.05, 0.1) is 28.4 Å². The van der Waals surface area contributed by atoms with Gasteiger partial charge in [0.1, 0.15) is 24.8 Å². The van der Waals surface area contributed by atoms with Crippen LogP contribution in [0.5, 0.6) is 34.5 Å². The van der Waals surface area contributed by atoms with E-state index in [1.165, 1.54) is 0 Å². The van der Waals surface area contributed by atoms with E-state index >= 15 is 0 Å². The topological polar surface area (TPSA) is 87.6 Å². The number of methoxy groups -OCH3 is 4. The molecule has 0 radical (unpaired) electrons. The van der Waals surface area contributed by atoms with Gasteiger partial charge in [-0.2, -0.15) is 0 Å². The lowest BCUT2D eigenvalue weighted by atomic mass is 10.1. The molecule has 0 N–H and O–H groups in total. The van der Waals surface area contributed by atoms with Gasteiger partial charge in [-0.3, -0.25) is 0 Å². The normalized spacial score (nSPS) is 12.8. The first-order valence-corrected chi connectivity index (χ1v) is 18.3. The Morgan fingerprint density at radius 1 is 0.455 bits per heavy atom. The molecule has 1 aliphatic heterocycles. The third-order valence-electron chi connectivity index (χ3n) is 9.68. The molecule has 0 aliphatic carbocycles. The van der Waals surface area contributed by atoms with Gasteiger partial charge >= 0.3 is 0 Å². The lowest BCUT2D eigenvalue weighted by Gasteiger charge is -2.24. The summed E-state index contributed by atoms with van der Waals surface area (Å²) in [5.74, 6) is 5.43. The third-order valence-corrected chi connectivity index (χ3v) is 9.68. The maximum atomic E-state index is 6.15. The largest absolute Gasteiger partial charge is 0.493 e. The molecular formula is C45H46N4O6. The highest BCUT2D eigenvalue weighted by molar-refractivity contribution is 5.72. The lowest BCUT2D eigenvalue weighted by molar-refractivity contribution is 0.266. The second-order valence-electron chi connectivity index (χ2n) is 13.1. The Hall–Kier alpha value is -6.42. The molecule has 3 heterocycles. The summed E-state index contributed by atoms with van der Waals surface area (Å²) in [5.41, 5.74) is 5.90. The molecule has 0 atom stereocenters. The maximum Gasteiger partial charge on any atom is 0.203 e. The smallest absolute Gasteiger partial charge is 0.203 e. The van der Waals surface area contributed by atoms with Crippen LogP contribution in [0.2, 0.25) is 0 Å². The van der Waals surface area contributed by atoms with Gasteiger partial charge in [0, 0.05) is 49.7 Å².